The first-order valence-corrected chi connectivity index (χ1v) is 2.63. The van der Waals surface area contributed by atoms with Crippen LogP contribution in [-0.4, -0.2) is 11.1 Å². The van der Waals surface area contributed by atoms with E-state index >= 15 is 0 Å². The molecule has 1 N–H and O–H groups in total. The molecule has 0 aliphatic rings. The quantitative estimate of drug-likeness (QED) is 0.685. The maximum atomic E-state index is 10.0. The van der Waals surface area contributed by atoms with Crippen LogP contribution in [0, 0.1) is 5.41 Å². The molecule has 0 unspecified atom stereocenters. The Morgan fingerprint density at radius 1 is 1.44 bits per heavy atom. The normalized spacial score (nSPS) is 10.1. The average molecular weight is 224 g/mol. The summed E-state index contributed by atoms with van der Waals surface area (Å²) in [5.41, 5.74) is -0.0775. The molecule has 0 aromatic heterocycles. The Balaban J connectivity index is 0. The van der Waals surface area contributed by atoms with Gasteiger partial charge in [-0.3, -0.25) is 4.79 Å². The van der Waals surface area contributed by atoms with Crippen molar-refractivity contribution in [1.82, 2.24) is 0 Å². The molecule has 0 saturated carbocycles. The maximum Gasteiger partial charge on any atom is 0.303 e. The van der Waals surface area contributed by atoms with Crippen molar-refractivity contribution in [2.24, 2.45) is 5.41 Å². The van der Waals surface area contributed by atoms with Crippen LogP contribution in [-0.2, 0) is 27.2 Å². The molecule has 0 aliphatic heterocycles. The molecule has 3 heteroatoms. The van der Waals surface area contributed by atoms with Crippen molar-refractivity contribution in [1.29, 1.82) is 0 Å². The Morgan fingerprint density at radius 2 is 1.78 bits per heavy atom. The largest absolute Gasteiger partial charge is 0.481 e. The molecule has 0 heterocycles. The van der Waals surface area contributed by atoms with Crippen molar-refractivity contribution in [2.45, 2.75) is 27.2 Å². The summed E-state index contributed by atoms with van der Waals surface area (Å²) in [5, 5.41) is 8.25. The number of rotatable bonds is 1. The molecule has 0 bridgehead atoms. The first kappa shape index (κ1) is 11.9. The zero-order valence-corrected chi connectivity index (χ0v) is 7.35. The van der Waals surface area contributed by atoms with Crippen LogP contribution in [0.1, 0.15) is 27.2 Å². The molecule has 9 heavy (non-hydrogen) atoms. The molecule has 0 aromatic carbocycles. The van der Waals surface area contributed by atoms with Crippen LogP contribution in [0.4, 0.5) is 0 Å². The Bertz CT molecular complexity index is 93.7. The average Bonchev–Trinajstić information content (AvgIpc) is 1.21. The standard InChI is InChI=1S/C6H12O2.Ag/c1-6(2,3)4-5(7)8;/h4H2,1-3H3,(H,7,8);. The fraction of sp³-hybridized carbons (Fsp3) is 0.833. The molecule has 0 fully saturated rings. The minimum atomic E-state index is -0.725. The number of hydrogen-bond acceptors (Lipinski definition) is 1. The fourth-order valence-corrected chi connectivity index (χ4v) is 0.454. The zero-order chi connectivity index (χ0) is 6.78. The van der Waals surface area contributed by atoms with Crippen LogP contribution in [0.3, 0.4) is 0 Å². The second kappa shape index (κ2) is 4.09. The monoisotopic (exact) mass is 223 g/mol. The summed E-state index contributed by atoms with van der Waals surface area (Å²) in [4.78, 5) is 10.0. The van der Waals surface area contributed by atoms with Gasteiger partial charge in [-0.2, -0.15) is 0 Å². The zero-order valence-electron chi connectivity index (χ0n) is 5.86. The second-order valence-electron chi connectivity index (χ2n) is 3.13. The van der Waals surface area contributed by atoms with Crippen LogP contribution in [0.25, 0.3) is 0 Å². The van der Waals surface area contributed by atoms with Gasteiger partial charge in [0.1, 0.15) is 0 Å². The van der Waals surface area contributed by atoms with E-state index < -0.39 is 5.97 Å². The Morgan fingerprint density at radius 3 is 1.78 bits per heavy atom. The molecule has 0 aliphatic carbocycles. The van der Waals surface area contributed by atoms with Crippen LogP contribution >= 0.6 is 0 Å². The molecular weight excluding hydrogens is 212 g/mol. The SMILES string of the molecule is CC(C)(C)CC(=O)O.[Ag]. The first-order valence-electron chi connectivity index (χ1n) is 2.63. The van der Waals surface area contributed by atoms with Crippen LogP contribution < -0.4 is 0 Å². The second-order valence-corrected chi connectivity index (χ2v) is 3.13. The van der Waals surface area contributed by atoms with E-state index in [9.17, 15) is 4.79 Å². The summed E-state index contributed by atoms with van der Waals surface area (Å²) in [6, 6.07) is 0. The van der Waals surface area contributed by atoms with Gasteiger partial charge in [-0.05, 0) is 5.41 Å². The third kappa shape index (κ3) is 11.7. The Hall–Kier alpha value is 0.210. The smallest absolute Gasteiger partial charge is 0.303 e. The van der Waals surface area contributed by atoms with Gasteiger partial charge >= 0.3 is 5.97 Å². The molecule has 0 aromatic rings. The third-order valence-corrected chi connectivity index (χ3v) is 0.682. The van der Waals surface area contributed by atoms with Crippen molar-refractivity contribution in [3.63, 3.8) is 0 Å². The van der Waals surface area contributed by atoms with E-state index in [0.29, 0.717) is 0 Å². The van der Waals surface area contributed by atoms with Crippen molar-refractivity contribution < 1.29 is 32.3 Å². The Kier molecular flexibility index (Phi) is 5.43. The third-order valence-electron chi connectivity index (χ3n) is 0.682. The molecule has 2 nitrogen and oxygen atoms in total. The molecule has 0 saturated heterocycles. The van der Waals surface area contributed by atoms with Gasteiger partial charge in [-0.1, -0.05) is 20.8 Å². The summed E-state index contributed by atoms with van der Waals surface area (Å²) < 4.78 is 0. The van der Waals surface area contributed by atoms with Gasteiger partial charge in [0, 0.05) is 22.4 Å². The van der Waals surface area contributed by atoms with Gasteiger partial charge in [0.15, 0.2) is 0 Å². The summed E-state index contributed by atoms with van der Waals surface area (Å²) in [6.07, 6.45) is 0.243. The number of aliphatic carboxylic acids is 1. The minimum absolute atomic E-state index is 0. The predicted molar refractivity (Wildman–Crippen MR) is 31.7 cm³/mol. The molecule has 1 radical (unpaired) electrons. The van der Waals surface area contributed by atoms with Crippen molar-refractivity contribution in [3.05, 3.63) is 0 Å². The first-order chi connectivity index (χ1) is 3.42. The summed E-state index contributed by atoms with van der Waals surface area (Å²) >= 11 is 0. The van der Waals surface area contributed by atoms with E-state index in [1.165, 1.54) is 0 Å². The van der Waals surface area contributed by atoms with Gasteiger partial charge in [0.05, 0.1) is 6.42 Å². The molecule has 0 atom stereocenters. The summed E-state index contributed by atoms with van der Waals surface area (Å²) in [6.45, 7) is 5.71. The van der Waals surface area contributed by atoms with Gasteiger partial charge < -0.3 is 5.11 Å². The summed E-state index contributed by atoms with van der Waals surface area (Å²) in [5.74, 6) is -0.725. The van der Waals surface area contributed by atoms with Gasteiger partial charge in [0.2, 0.25) is 0 Å². The van der Waals surface area contributed by atoms with E-state index in [1.54, 1.807) is 0 Å². The number of carboxylic acids is 1. The van der Waals surface area contributed by atoms with Crippen molar-refractivity contribution >= 4 is 5.97 Å². The number of hydrogen-bond donors (Lipinski definition) is 1. The maximum absolute atomic E-state index is 10.0. The van der Waals surface area contributed by atoms with Crippen molar-refractivity contribution in [3.8, 4) is 0 Å². The van der Waals surface area contributed by atoms with Gasteiger partial charge in [-0.25, -0.2) is 0 Å². The van der Waals surface area contributed by atoms with E-state index in [1.807, 2.05) is 20.8 Å². The van der Waals surface area contributed by atoms with E-state index in [4.69, 9.17) is 5.11 Å². The summed E-state index contributed by atoms with van der Waals surface area (Å²) in [7, 11) is 0. The van der Waals surface area contributed by atoms with Crippen LogP contribution in [0.5, 0.6) is 0 Å². The van der Waals surface area contributed by atoms with Crippen LogP contribution in [0.2, 0.25) is 0 Å². The van der Waals surface area contributed by atoms with Crippen molar-refractivity contribution in [2.75, 3.05) is 0 Å². The molecule has 0 spiro atoms. The number of carbonyl (C=O) groups is 1. The molecular formula is C6H12AgO2. The van der Waals surface area contributed by atoms with Gasteiger partial charge in [-0.15, -0.1) is 0 Å². The minimum Gasteiger partial charge on any atom is -0.481 e. The van der Waals surface area contributed by atoms with E-state index in [2.05, 4.69) is 0 Å². The van der Waals surface area contributed by atoms with Crippen LogP contribution in [0.15, 0.2) is 0 Å². The van der Waals surface area contributed by atoms with Gasteiger partial charge in [0.25, 0.3) is 0 Å². The predicted octanol–water partition coefficient (Wildman–Crippen LogP) is 1.50. The van der Waals surface area contributed by atoms with E-state index in [-0.39, 0.29) is 34.2 Å². The molecule has 0 rings (SSSR count). The Labute approximate surface area is 71.2 Å². The van der Waals surface area contributed by atoms with E-state index in [0.717, 1.165) is 0 Å². The molecule has 0 amide bonds. The fourth-order valence-electron chi connectivity index (χ4n) is 0.454. The topological polar surface area (TPSA) is 37.3 Å². The molecule has 59 valence electrons. The number of carboxylic acid groups (broad SMARTS) is 1.